The molecule has 2 aliphatic rings. The zero-order chi connectivity index (χ0) is 21.3. The zero-order valence-corrected chi connectivity index (χ0v) is 18.7. The van der Waals surface area contributed by atoms with Crippen molar-refractivity contribution in [3.05, 3.63) is 112 Å². The highest BCUT2D eigenvalue weighted by Crippen LogP contribution is 2.62. The SMILES string of the molecule is C[B]c1ccc2c(c1)C1(c3cc(C)ccc3-2)c2cc(C)ccc2-c2ccc(CC)cc21. The van der Waals surface area contributed by atoms with E-state index >= 15 is 0 Å². The first kappa shape index (κ1) is 18.7. The smallest absolute Gasteiger partial charge is 0.0877 e. The van der Waals surface area contributed by atoms with Crippen molar-refractivity contribution < 1.29 is 0 Å². The molecule has 0 aromatic heterocycles. The molecule has 149 valence electrons. The highest BCUT2D eigenvalue weighted by molar-refractivity contribution is 6.52. The molecule has 0 aliphatic heterocycles. The lowest BCUT2D eigenvalue weighted by Gasteiger charge is -2.31. The molecule has 0 N–H and O–H groups in total. The van der Waals surface area contributed by atoms with Gasteiger partial charge in [0.25, 0.3) is 0 Å². The Kier molecular flexibility index (Phi) is 3.90. The predicted octanol–water partition coefficient (Wildman–Crippen LogP) is 6.59. The van der Waals surface area contributed by atoms with E-state index in [4.69, 9.17) is 0 Å². The standard InChI is InChI=1S/C30H26B/c1-5-20-8-12-24-22-10-6-18(2)14-26(22)30(28(24)16-20)27-15-19(3)7-11-23(27)25-13-9-21(31-4)17-29(25)30/h6-17H,5H2,1-4H3. The van der Waals surface area contributed by atoms with Gasteiger partial charge in [-0.3, -0.25) is 0 Å². The molecule has 4 aromatic rings. The number of aryl methyl sites for hydroxylation is 3. The number of benzene rings is 4. The summed E-state index contributed by atoms with van der Waals surface area (Å²) in [5, 5.41) is 0. The van der Waals surface area contributed by atoms with Crippen LogP contribution in [0.2, 0.25) is 6.82 Å². The van der Waals surface area contributed by atoms with Gasteiger partial charge in [0.15, 0.2) is 0 Å². The molecule has 0 saturated heterocycles. The fourth-order valence-corrected chi connectivity index (χ4v) is 5.92. The van der Waals surface area contributed by atoms with Gasteiger partial charge in [-0.25, -0.2) is 0 Å². The Morgan fingerprint density at radius 2 is 1.10 bits per heavy atom. The minimum absolute atomic E-state index is 0.239. The summed E-state index contributed by atoms with van der Waals surface area (Å²) in [4.78, 5) is 0. The van der Waals surface area contributed by atoms with Crippen molar-refractivity contribution in [3.63, 3.8) is 0 Å². The van der Waals surface area contributed by atoms with Gasteiger partial charge in [0, 0.05) is 0 Å². The second-order valence-corrected chi connectivity index (χ2v) is 9.18. The second kappa shape index (κ2) is 6.47. The van der Waals surface area contributed by atoms with Crippen LogP contribution in [0.15, 0.2) is 72.8 Å². The van der Waals surface area contributed by atoms with Crippen LogP contribution in [-0.4, -0.2) is 7.28 Å². The molecule has 0 fully saturated rings. The van der Waals surface area contributed by atoms with Gasteiger partial charge < -0.3 is 0 Å². The molecule has 0 bridgehead atoms. The van der Waals surface area contributed by atoms with Crippen molar-refractivity contribution in [1.29, 1.82) is 0 Å². The summed E-state index contributed by atoms with van der Waals surface area (Å²) in [6.07, 6.45) is 1.05. The van der Waals surface area contributed by atoms with E-state index in [-0.39, 0.29) is 5.41 Å². The molecular formula is C30H26B. The Balaban J connectivity index is 1.84. The quantitative estimate of drug-likeness (QED) is 0.289. The molecule has 1 unspecified atom stereocenters. The van der Waals surface area contributed by atoms with Crippen molar-refractivity contribution in [3.8, 4) is 22.3 Å². The Labute approximate surface area is 186 Å². The van der Waals surface area contributed by atoms with Crippen LogP contribution < -0.4 is 5.46 Å². The maximum Gasteiger partial charge on any atom is 0.148 e. The van der Waals surface area contributed by atoms with Crippen molar-refractivity contribution >= 4 is 12.7 Å². The maximum atomic E-state index is 2.48. The zero-order valence-electron chi connectivity index (χ0n) is 18.7. The molecule has 1 radical (unpaired) electrons. The van der Waals surface area contributed by atoms with Gasteiger partial charge in [-0.15, -0.1) is 0 Å². The second-order valence-electron chi connectivity index (χ2n) is 9.18. The van der Waals surface area contributed by atoms with Crippen LogP contribution in [0.25, 0.3) is 22.3 Å². The van der Waals surface area contributed by atoms with Gasteiger partial charge >= 0.3 is 0 Å². The van der Waals surface area contributed by atoms with Crippen molar-refractivity contribution in [2.24, 2.45) is 0 Å². The summed E-state index contributed by atoms with van der Waals surface area (Å²) >= 11 is 0. The fourth-order valence-electron chi connectivity index (χ4n) is 5.92. The third-order valence-electron chi connectivity index (χ3n) is 7.42. The average Bonchev–Trinajstić information content (AvgIpc) is 3.23. The lowest BCUT2D eigenvalue weighted by atomic mass is 9.67. The van der Waals surface area contributed by atoms with Crippen LogP contribution >= 0.6 is 0 Å². The molecule has 0 amide bonds. The topological polar surface area (TPSA) is 0 Å². The van der Waals surface area contributed by atoms with E-state index in [1.54, 1.807) is 0 Å². The lowest BCUT2D eigenvalue weighted by Crippen LogP contribution is -2.28. The van der Waals surface area contributed by atoms with Gasteiger partial charge in [-0.1, -0.05) is 103 Å². The first-order chi connectivity index (χ1) is 15.1. The third kappa shape index (κ3) is 2.32. The monoisotopic (exact) mass is 397 g/mol. The minimum atomic E-state index is -0.239. The Morgan fingerprint density at radius 1 is 0.613 bits per heavy atom. The Morgan fingerprint density at radius 3 is 1.65 bits per heavy atom. The predicted molar refractivity (Wildman–Crippen MR) is 133 cm³/mol. The van der Waals surface area contributed by atoms with Gasteiger partial charge in [0.1, 0.15) is 7.28 Å². The van der Waals surface area contributed by atoms with E-state index in [9.17, 15) is 0 Å². The largest absolute Gasteiger partial charge is 0.148 e. The van der Waals surface area contributed by atoms with E-state index < -0.39 is 0 Å². The summed E-state index contributed by atoms with van der Waals surface area (Å²) in [6, 6.07) is 28.3. The summed E-state index contributed by atoms with van der Waals surface area (Å²) in [5.41, 5.74) is 16.4. The molecule has 6 rings (SSSR count). The first-order valence-electron chi connectivity index (χ1n) is 11.4. The average molecular weight is 397 g/mol. The summed E-state index contributed by atoms with van der Waals surface area (Å²) in [7, 11) is 2.22. The lowest BCUT2D eigenvalue weighted by molar-refractivity contribution is 0.790. The fraction of sp³-hybridized carbons (Fsp3) is 0.200. The number of fused-ring (bicyclic) bond motifs is 10. The third-order valence-corrected chi connectivity index (χ3v) is 7.42. The molecule has 1 atom stereocenters. The van der Waals surface area contributed by atoms with E-state index in [1.807, 2.05) is 0 Å². The van der Waals surface area contributed by atoms with Crippen LogP contribution in [0, 0.1) is 13.8 Å². The molecule has 0 heterocycles. The highest BCUT2D eigenvalue weighted by atomic mass is 14.5. The number of hydrogen-bond acceptors (Lipinski definition) is 0. The van der Waals surface area contributed by atoms with Crippen LogP contribution in [0.5, 0.6) is 0 Å². The van der Waals surface area contributed by atoms with Crippen LogP contribution in [-0.2, 0) is 11.8 Å². The summed E-state index contributed by atoms with van der Waals surface area (Å²) in [6.45, 7) is 8.83. The Hall–Kier alpha value is -3.06. The van der Waals surface area contributed by atoms with Crippen molar-refractivity contribution in [2.75, 3.05) is 0 Å². The molecular weight excluding hydrogens is 371 g/mol. The van der Waals surface area contributed by atoms with Crippen LogP contribution in [0.3, 0.4) is 0 Å². The van der Waals surface area contributed by atoms with Crippen molar-refractivity contribution in [2.45, 2.75) is 39.4 Å². The van der Waals surface area contributed by atoms with E-state index in [0.717, 1.165) is 6.42 Å². The van der Waals surface area contributed by atoms with E-state index in [2.05, 4.69) is 108 Å². The van der Waals surface area contributed by atoms with Gasteiger partial charge in [0.2, 0.25) is 0 Å². The molecule has 31 heavy (non-hydrogen) atoms. The van der Waals surface area contributed by atoms with Gasteiger partial charge in [0.05, 0.1) is 5.41 Å². The molecule has 1 heteroatoms. The molecule has 2 aliphatic carbocycles. The highest BCUT2D eigenvalue weighted by Gasteiger charge is 2.51. The number of rotatable bonds is 2. The Bertz CT molecular complexity index is 1270. The van der Waals surface area contributed by atoms with E-state index in [0.29, 0.717) is 0 Å². The van der Waals surface area contributed by atoms with E-state index in [1.165, 1.54) is 66.7 Å². The summed E-state index contributed by atoms with van der Waals surface area (Å²) < 4.78 is 0. The van der Waals surface area contributed by atoms with Crippen molar-refractivity contribution in [1.82, 2.24) is 0 Å². The normalized spacial score (nSPS) is 17.3. The van der Waals surface area contributed by atoms with Crippen LogP contribution in [0.4, 0.5) is 0 Å². The number of hydrogen-bond donors (Lipinski definition) is 0. The first-order valence-corrected chi connectivity index (χ1v) is 11.4. The molecule has 0 nitrogen and oxygen atoms in total. The maximum absolute atomic E-state index is 2.48. The molecule has 1 spiro atoms. The summed E-state index contributed by atoms with van der Waals surface area (Å²) in [5.74, 6) is 0. The van der Waals surface area contributed by atoms with Gasteiger partial charge in [-0.2, -0.15) is 0 Å². The molecule has 0 saturated carbocycles. The van der Waals surface area contributed by atoms with Gasteiger partial charge in [-0.05, 0) is 70.3 Å². The molecule has 4 aromatic carbocycles. The van der Waals surface area contributed by atoms with Crippen LogP contribution in [0.1, 0.15) is 45.9 Å². The minimum Gasteiger partial charge on any atom is -0.0877 e.